The van der Waals surface area contributed by atoms with Crippen LogP contribution in [-0.4, -0.2) is 13.3 Å². The molecule has 0 radical (unpaired) electrons. The average molecular weight is 192 g/mol. The summed E-state index contributed by atoms with van der Waals surface area (Å²) in [5.41, 5.74) is 0.366. The van der Waals surface area contributed by atoms with Gasteiger partial charge in [-0.3, -0.25) is 0 Å². The van der Waals surface area contributed by atoms with E-state index in [0.717, 1.165) is 0 Å². The summed E-state index contributed by atoms with van der Waals surface area (Å²) in [7, 11) is -1.64. The van der Waals surface area contributed by atoms with Gasteiger partial charge >= 0.3 is 0 Å². The van der Waals surface area contributed by atoms with Gasteiger partial charge < -0.3 is 4.43 Å². The molecule has 0 amide bonds. The number of hydrogen-bond donors (Lipinski definition) is 0. The van der Waals surface area contributed by atoms with Crippen LogP contribution in [0.4, 0.5) is 0 Å². The molecule has 1 aromatic heterocycles. The number of aromatic nitrogens is 1. The first-order valence-corrected chi connectivity index (χ1v) is 7.48. The van der Waals surface area contributed by atoms with Crippen molar-refractivity contribution < 1.29 is 4.43 Å². The number of hydrogen-bond acceptors (Lipinski definition) is 3. The molecule has 1 rings (SSSR count). The molecule has 0 bridgehead atoms. The Hall–Kier alpha value is -1.34. The van der Waals surface area contributed by atoms with Crippen LogP contribution in [-0.2, 0) is 0 Å². The maximum atomic E-state index is 8.74. The summed E-state index contributed by atoms with van der Waals surface area (Å²) < 4.78 is 5.68. The quantitative estimate of drug-likeness (QED) is 0.675. The summed E-state index contributed by atoms with van der Waals surface area (Å²) in [6, 6.07) is 5.56. The summed E-state index contributed by atoms with van der Waals surface area (Å²) in [6.45, 7) is 6.21. The lowest BCUT2D eigenvalue weighted by Gasteiger charge is -2.19. The minimum atomic E-state index is -1.64. The van der Waals surface area contributed by atoms with Gasteiger partial charge in [-0.1, -0.05) is 0 Å². The highest BCUT2D eigenvalue weighted by Gasteiger charge is 2.18. The van der Waals surface area contributed by atoms with Crippen molar-refractivity contribution in [1.82, 2.24) is 4.98 Å². The first-order chi connectivity index (χ1) is 6.03. The topological polar surface area (TPSA) is 45.9 Å². The highest BCUT2D eigenvalue weighted by molar-refractivity contribution is 6.70. The van der Waals surface area contributed by atoms with Crippen LogP contribution in [0.3, 0.4) is 0 Å². The van der Waals surface area contributed by atoms with Gasteiger partial charge in [0.1, 0.15) is 11.8 Å². The molecule has 0 fully saturated rings. The van der Waals surface area contributed by atoms with Gasteiger partial charge in [0.05, 0.1) is 0 Å². The molecule has 4 heteroatoms. The van der Waals surface area contributed by atoms with Crippen LogP contribution in [0, 0.1) is 11.3 Å². The monoisotopic (exact) mass is 192 g/mol. The highest BCUT2D eigenvalue weighted by Crippen LogP contribution is 2.18. The second-order valence-electron chi connectivity index (χ2n) is 3.68. The van der Waals surface area contributed by atoms with E-state index in [2.05, 4.69) is 24.6 Å². The third-order valence-electron chi connectivity index (χ3n) is 1.29. The van der Waals surface area contributed by atoms with E-state index in [0.29, 0.717) is 11.4 Å². The van der Waals surface area contributed by atoms with Crippen molar-refractivity contribution in [3.63, 3.8) is 0 Å². The van der Waals surface area contributed by atoms with Crippen LogP contribution in [0.5, 0.6) is 5.75 Å². The second-order valence-corrected chi connectivity index (χ2v) is 8.11. The van der Waals surface area contributed by atoms with Gasteiger partial charge in [-0.05, 0) is 31.8 Å². The smallest absolute Gasteiger partial charge is 0.242 e. The highest BCUT2D eigenvalue weighted by atomic mass is 28.4. The number of nitriles is 1. The Kier molecular flexibility index (Phi) is 2.68. The molecule has 0 saturated carbocycles. The van der Waals surface area contributed by atoms with E-state index in [-0.39, 0.29) is 0 Å². The molecule has 1 heterocycles. The molecule has 0 spiro atoms. The summed E-state index contributed by atoms with van der Waals surface area (Å²) in [6.07, 6.45) is 1.59. The molecule has 0 saturated heterocycles. The number of pyridine rings is 1. The van der Waals surface area contributed by atoms with Crippen molar-refractivity contribution in [3.8, 4) is 11.8 Å². The van der Waals surface area contributed by atoms with Crippen molar-refractivity contribution in [3.05, 3.63) is 24.0 Å². The van der Waals surface area contributed by atoms with Crippen molar-refractivity contribution >= 4 is 8.32 Å². The predicted octanol–water partition coefficient (Wildman–Crippen LogP) is 2.17. The molecular weight excluding hydrogens is 180 g/mol. The molecule has 13 heavy (non-hydrogen) atoms. The molecule has 68 valence electrons. The summed E-state index contributed by atoms with van der Waals surface area (Å²) in [5, 5.41) is 8.74. The van der Waals surface area contributed by atoms with Crippen LogP contribution in [0.15, 0.2) is 18.3 Å². The molecule has 0 aliphatic carbocycles. The maximum Gasteiger partial charge on any atom is 0.242 e. The van der Waals surface area contributed by atoms with Crippen LogP contribution < -0.4 is 4.43 Å². The van der Waals surface area contributed by atoms with Gasteiger partial charge in [0.25, 0.3) is 0 Å². The molecule has 0 unspecified atom stereocenters. The van der Waals surface area contributed by atoms with Gasteiger partial charge in [0.15, 0.2) is 5.69 Å². The Labute approximate surface area is 79.1 Å². The van der Waals surface area contributed by atoms with Crippen molar-refractivity contribution in [2.24, 2.45) is 0 Å². The molecule has 0 aromatic carbocycles. The van der Waals surface area contributed by atoms with E-state index in [1.165, 1.54) is 0 Å². The lowest BCUT2D eigenvalue weighted by Crippen LogP contribution is -2.29. The van der Waals surface area contributed by atoms with E-state index >= 15 is 0 Å². The lowest BCUT2D eigenvalue weighted by atomic mass is 10.3. The molecule has 1 aromatic rings. The largest absolute Gasteiger partial charge is 0.542 e. The normalized spacial score (nSPS) is 10.6. The number of nitrogens with zero attached hydrogens (tertiary/aromatic N) is 2. The zero-order chi connectivity index (χ0) is 9.90. The minimum Gasteiger partial charge on any atom is -0.542 e. The van der Waals surface area contributed by atoms with Crippen molar-refractivity contribution in [2.75, 3.05) is 0 Å². The second kappa shape index (κ2) is 3.58. The first-order valence-electron chi connectivity index (χ1n) is 4.07. The van der Waals surface area contributed by atoms with Gasteiger partial charge in [-0.2, -0.15) is 5.26 Å². The molecular formula is C9H12N2OSi. The molecule has 0 aliphatic heterocycles. The van der Waals surface area contributed by atoms with Crippen molar-refractivity contribution in [1.29, 1.82) is 5.26 Å². The fraction of sp³-hybridized carbons (Fsp3) is 0.333. The van der Waals surface area contributed by atoms with Gasteiger partial charge in [-0.15, -0.1) is 0 Å². The van der Waals surface area contributed by atoms with E-state index in [4.69, 9.17) is 9.69 Å². The Morgan fingerprint density at radius 3 is 2.69 bits per heavy atom. The fourth-order valence-corrected chi connectivity index (χ4v) is 1.71. The third-order valence-corrected chi connectivity index (χ3v) is 2.13. The van der Waals surface area contributed by atoms with Crippen LogP contribution >= 0.6 is 0 Å². The molecule has 3 nitrogen and oxygen atoms in total. The molecule has 0 N–H and O–H groups in total. The Morgan fingerprint density at radius 1 is 1.46 bits per heavy atom. The van der Waals surface area contributed by atoms with E-state index in [9.17, 15) is 0 Å². The van der Waals surface area contributed by atoms with E-state index < -0.39 is 8.32 Å². The Morgan fingerprint density at radius 2 is 2.15 bits per heavy atom. The van der Waals surface area contributed by atoms with Gasteiger partial charge in [0.2, 0.25) is 8.32 Å². The molecule has 0 atom stereocenters. The summed E-state index contributed by atoms with van der Waals surface area (Å²) in [4.78, 5) is 3.92. The van der Waals surface area contributed by atoms with E-state index in [1.54, 1.807) is 18.3 Å². The average Bonchev–Trinajstić information content (AvgIpc) is 2.02. The lowest BCUT2D eigenvalue weighted by molar-refractivity contribution is 0.552. The Bertz CT molecular complexity index is 338. The number of rotatable bonds is 2. The minimum absolute atomic E-state index is 0.366. The maximum absolute atomic E-state index is 8.74. The van der Waals surface area contributed by atoms with Crippen LogP contribution in [0.1, 0.15) is 5.69 Å². The predicted molar refractivity (Wildman–Crippen MR) is 52.9 cm³/mol. The SMILES string of the molecule is C[Si](C)(C)Oc1cccnc1C#N. The summed E-state index contributed by atoms with van der Waals surface area (Å²) >= 11 is 0. The standard InChI is InChI=1S/C9H12N2OSi/c1-13(2,3)12-9-5-4-6-11-8(9)7-10/h4-6H,1-3H3. The molecule has 0 aliphatic rings. The third kappa shape index (κ3) is 2.88. The Balaban J connectivity index is 2.96. The van der Waals surface area contributed by atoms with Crippen LogP contribution in [0.2, 0.25) is 19.6 Å². The van der Waals surface area contributed by atoms with Gasteiger partial charge in [0, 0.05) is 6.20 Å². The zero-order valence-electron chi connectivity index (χ0n) is 8.03. The van der Waals surface area contributed by atoms with Crippen molar-refractivity contribution in [2.45, 2.75) is 19.6 Å². The summed E-state index contributed by atoms with van der Waals surface area (Å²) in [5.74, 6) is 0.601. The fourth-order valence-electron chi connectivity index (χ4n) is 0.887. The van der Waals surface area contributed by atoms with Crippen LogP contribution in [0.25, 0.3) is 0 Å². The zero-order valence-corrected chi connectivity index (χ0v) is 9.03. The van der Waals surface area contributed by atoms with Gasteiger partial charge in [-0.25, -0.2) is 4.98 Å². The van der Waals surface area contributed by atoms with E-state index in [1.807, 2.05) is 6.07 Å². The first kappa shape index (κ1) is 9.74.